The molecule has 0 bridgehead atoms. The largest absolute Gasteiger partial charge is 0.466 e. The van der Waals surface area contributed by atoms with E-state index in [2.05, 4.69) is 5.32 Å². The van der Waals surface area contributed by atoms with Crippen LogP contribution in [0.2, 0.25) is 0 Å². The van der Waals surface area contributed by atoms with Crippen LogP contribution in [0.15, 0.2) is 28.0 Å². The summed E-state index contributed by atoms with van der Waals surface area (Å²) in [5.41, 5.74) is 0. The maximum atomic E-state index is 11.6. The van der Waals surface area contributed by atoms with Gasteiger partial charge in [0, 0.05) is 30.7 Å². The molecular weight excluding hydrogens is 266 g/mol. The standard InChI is InChI=1S/C13H17NO4S/c1-10-2-3-12(18-10)4-6-14-13(15)8-11-5-7-19(16,17)9-11/h2-3,5,7,11H,4,6,8-9H2,1H3,(H,14,15)/t11-/m0/s1. The zero-order valence-electron chi connectivity index (χ0n) is 10.8. The van der Waals surface area contributed by atoms with Crippen molar-refractivity contribution in [1.29, 1.82) is 0 Å². The Labute approximate surface area is 112 Å². The molecule has 6 heteroatoms. The molecule has 0 aromatic carbocycles. The molecule has 1 aromatic rings. The Balaban J connectivity index is 1.69. The highest BCUT2D eigenvalue weighted by atomic mass is 32.2. The molecule has 0 spiro atoms. The Morgan fingerprint density at radius 1 is 1.47 bits per heavy atom. The number of hydrogen-bond acceptors (Lipinski definition) is 4. The van der Waals surface area contributed by atoms with Crippen LogP contribution < -0.4 is 5.32 Å². The highest BCUT2D eigenvalue weighted by Gasteiger charge is 2.23. The predicted molar refractivity (Wildman–Crippen MR) is 71.2 cm³/mol. The number of nitrogens with one attached hydrogen (secondary N) is 1. The second kappa shape index (κ2) is 5.61. The number of furan rings is 1. The van der Waals surface area contributed by atoms with Crippen LogP contribution in [0.4, 0.5) is 0 Å². The third kappa shape index (κ3) is 4.24. The first-order chi connectivity index (χ1) is 8.94. The van der Waals surface area contributed by atoms with Gasteiger partial charge in [-0.3, -0.25) is 4.79 Å². The van der Waals surface area contributed by atoms with Gasteiger partial charge in [0.25, 0.3) is 0 Å². The van der Waals surface area contributed by atoms with Crippen molar-refractivity contribution in [3.8, 4) is 0 Å². The Hall–Kier alpha value is -1.56. The quantitative estimate of drug-likeness (QED) is 0.880. The van der Waals surface area contributed by atoms with E-state index in [4.69, 9.17) is 4.42 Å². The van der Waals surface area contributed by atoms with Crippen molar-refractivity contribution in [2.24, 2.45) is 5.92 Å². The molecule has 1 N–H and O–H groups in total. The highest BCUT2D eigenvalue weighted by Crippen LogP contribution is 2.17. The van der Waals surface area contributed by atoms with Crippen molar-refractivity contribution < 1.29 is 17.6 Å². The first kappa shape index (κ1) is 13.9. The predicted octanol–water partition coefficient (Wildman–Crippen LogP) is 1.20. The van der Waals surface area contributed by atoms with Crippen LogP contribution in [0.5, 0.6) is 0 Å². The molecule has 2 heterocycles. The summed E-state index contributed by atoms with van der Waals surface area (Å²) in [5, 5.41) is 3.96. The van der Waals surface area contributed by atoms with Gasteiger partial charge in [-0.15, -0.1) is 0 Å². The third-order valence-corrected chi connectivity index (χ3v) is 4.41. The molecule has 1 atom stereocenters. The normalized spacial score (nSPS) is 20.6. The van der Waals surface area contributed by atoms with Gasteiger partial charge in [0.15, 0.2) is 9.84 Å². The van der Waals surface area contributed by atoms with Gasteiger partial charge >= 0.3 is 0 Å². The average molecular weight is 283 g/mol. The molecule has 1 amide bonds. The summed E-state index contributed by atoms with van der Waals surface area (Å²) < 4.78 is 27.8. The molecule has 5 nitrogen and oxygen atoms in total. The Bertz CT molecular complexity index is 586. The second-order valence-corrected chi connectivity index (χ2v) is 6.67. The molecular formula is C13H17NO4S. The Kier molecular flexibility index (Phi) is 4.09. The van der Waals surface area contributed by atoms with Gasteiger partial charge in [0.1, 0.15) is 11.5 Å². The lowest BCUT2D eigenvalue weighted by Crippen LogP contribution is -2.27. The molecule has 1 aliphatic rings. The summed E-state index contributed by atoms with van der Waals surface area (Å²) in [5.74, 6) is 1.40. The molecule has 1 aromatic heterocycles. The summed E-state index contributed by atoms with van der Waals surface area (Å²) in [6.07, 6.45) is 2.44. The molecule has 0 radical (unpaired) electrons. The summed E-state index contributed by atoms with van der Waals surface area (Å²) >= 11 is 0. The van der Waals surface area contributed by atoms with Gasteiger partial charge in [-0.1, -0.05) is 6.08 Å². The van der Waals surface area contributed by atoms with E-state index < -0.39 is 9.84 Å². The number of allylic oxidation sites excluding steroid dienone is 1. The zero-order chi connectivity index (χ0) is 13.9. The number of hydrogen-bond donors (Lipinski definition) is 1. The maximum Gasteiger partial charge on any atom is 0.220 e. The third-order valence-electron chi connectivity index (χ3n) is 2.94. The van der Waals surface area contributed by atoms with E-state index in [0.29, 0.717) is 13.0 Å². The molecule has 0 unspecified atom stereocenters. The van der Waals surface area contributed by atoms with Crippen LogP contribution >= 0.6 is 0 Å². The van der Waals surface area contributed by atoms with E-state index in [1.165, 1.54) is 5.41 Å². The second-order valence-electron chi connectivity index (χ2n) is 4.73. The number of carbonyl (C=O) groups is 1. The van der Waals surface area contributed by atoms with Crippen molar-refractivity contribution in [3.63, 3.8) is 0 Å². The van der Waals surface area contributed by atoms with Crippen molar-refractivity contribution in [1.82, 2.24) is 5.32 Å². The number of sulfone groups is 1. The molecule has 0 saturated heterocycles. The van der Waals surface area contributed by atoms with Crippen molar-refractivity contribution in [3.05, 3.63) is 35.1 Å². The summed E-state index contributed by atoms with van der Waals surface area (Å²) in [6.45, 7) is 2.36. The van der Waals surface area contributed by atoms with E-state index in [1.54, 1.807) is 6.08 Å². The van der Waals surface area contributed by atoms with E-state index in [0.717, 1.165) is 11.5 Å². The van der Waals surface area contributed by atoms with Crippen LogP contribution in [-0.4, -0.2) is 26.6 Å². The van der Waals surface area contributed by atoms with E-state index in [-0.39, 0.29) is 24.0 Å². The summed E-state index contributed by atoms with van der Waals surface area (Å²) in [4.78, 5) is 11.6. The minimum absolute atomic E-state index is 0.0395. The van der Waals surface area contributed by atoms with Gasteiger partial charge in [0.2, 0.25) is 5.91 Å². The topological polar surface area (TPSA) is 76.4 Å². The Morgan fingerprint density at radius 2 is 2.26 bits per heavy atom. The average Bonchev–Trinajstić information content (AvgIpc) is 2.85. The van der Waals surface area contributed by atoms with Crippen molar-refractivity contribution in [2.45, 2.75) is 19.8 Å². The minimum Gasteiger partial charge on any atom is -0.466 e. The van der Waals surface area contributed by atoms with Crippen LogP contribution in [0.1, 0.15) is 17.9 Å². The van der Waals surface area contributed by atoms with Gasteiger partial charge < -0.3 is 9.73 Å². The number of amides is 1. The van der Waals surface area contributed by atoms with Gasteiger partial charge in [0.05, 0.1) is 5.75 Å². The minimum atomic E-state index is -3.08. The summed E-state index contributed by atoms with van der Waals surface area (Å²) in [7, 11) is -3.08. The SMILES string of the molecule is Cc1ccc(CCNC(=O)C[C@@H]2C=CS(=O)(=O)C2)o1. The molecule has 0 fully saturated rings. The first-order valence-electron chi connectivity index (χ1n) is 6.17. The maximum absolute atomic E-state index is 11.6. The van der Waals surface area contributed by atoms with E-state index >= 15 is 0 Å². The van der Waals surface area contributed by atoms with Crippen molar-refractivity contribution >= 4 is 15.7 Å². The van der Waals surface area contributed by atoms with Gasteiger partial charge in [-0.2, -0.15) is 0 Å². The van der Waals surface area contributed by atoms with Crippen LogP contribution in [0.25, 0.3) is 0 Å². The molecule has 104 valence electrons. The van der Waals surface area contributed by atoms with Crippen LogP contribution in [-0.2, 0) is 21.1 Å². The lowest BCUT2D eigenvalue weighted by molar-refractivity contribution is -0.121. The molecule has 1 aliphatic heterocycles. The lowest BCUT2D eigenvalue weighted by Gasteiger charge is -2.07. The van der Waals surface area contributed by atoms with Crippen molar-refractivity contribution in [2.75, 3.05) is 12.3 Å². The fraction of sp³-hybridized carbons (Fsp3) is 0.462. The smallest absolute Gasteiger partial charge is 0.220 e. The number of rotatable bonds is 5. The first-order valence-corrected chi connectivity index (χ1v) is 7.89. The highest BCUT2D eigenvalue weighted by molar-refractivity contribution is 7.94. The monoisotopic (exact) mass is 283 g/mol. The van der Waals surface area contributed by atoms with Gasteiger partial charge in [-0.25, -0.2) is 8.42 Å². The number of aryl methyl sites for hydroxylation is 1. The molecule has 0 saturated carbocycles. The summed E-state index contributed by atoms with van der Waals surface area (Å²) in [6, 6.07) is 3.76. The fourth-order valence-corrected chi connectivity index (χ4v) is 3.42. The Morgan fingerprint density at radius 3 is 2.84 bits per heavy atom. The zero-order valence-corrected chi connectivity index (χ0v) is 11.6. The number of carbonyl (C=O) groups excluding carboxylic acids is 1. The molecule has 19 heavy (non-hydrogen) atoms. The van der Waals surface area contributed by atoms with Crippen LogP contribution in [0.3, 0.4) is 0 Å². The molecule has 0 aliphatic carbocycles. The van der Waals surface area contributed by atoms with E-state index in [9.17, 15) is 13.2 Å². The lowest BCUT2D eigenvalue weighted by atomic mass is 10.1. The molecule has 2 rings (SSSR count). The van der Waals surface area contributed by atoms with Gasteiger partial charge in [-0.05, 0) is 19.1 Å². The van der Waals surface area contributed by atoms with Crippen LogP contribution in [0, 0.1) is 12.8 Å². The fourth-order valence-electron chi connectivity index (χ4n) is 2.02. The van der Waals surface area contributed by atoms with E-state index in [1.807, 2.05) is 19.1 Å².